The molecule has 0 spiro atoms. The van der Waals surface area contributed by atoms with Gasteiger partial charge in [-0.05, 0) is 19.0 Å². The number of rotatable bonds is 6. The zero-order chi connectivity index (χ0) is 14.5. The Balaban J connectivity index is 3.02. The highest BCUT2D eigenvalue weighted by Gasteiger charge is 2.33. The fourth-order valence-electron chi connectivity index (χ4n) is 1.80. The van der Waals surface area contributed by atoms with Gasteiger partial charge in [0.05, 0.1) is 13.5 Å². The molecule has 0 amide bonds. The molecule has 1 atom stereocenters. The van der Waals surface area contributed by atoms with Crippen molar-refractivity contribution in [1.29, 1.82) is 0 Å². The molecular formula is C13H17F4NO. The van der Waals surface area contributed by atoms with E-state index in [4.69, 9.17) is 4.74 Å². The molecule has 108 valence electrons. The first-order chi connectivity index (χ1) is 8.89. The Morgan fingerprint density at radius 3 is 2.53 bits per heavy atom. The smallest absolute Gasteiger partial charge is 0.390 e. The van der Waals surface area contributed by atoms with Crippen LogP contribution in [0, 0.1) is 5.82 Å². The van der Waals surface area contributed by atoms with E-state index in [1.54, 1.807) is 0 Å². The number of halogens is 4. The fourth-order valence-corrected chi connectivity index (χ4v) is 1.80. The summed E-state index contributed by atoms with van der Waals surface area (Å²) < 4.78 is 56.4. The number of hydrogen-bond acceptors (Lipinski definition) is 2. The molecule has 0 radical (unpaired) electrons. The first kappa shape index (κ1) is 15.8. The number of hydrogen-bond donors (Lipinski definition) is 1. The zero-order valence-corrected chi connectivity index (χ0v) is 10.9. The lowest BCUT2D eigenvalue weighted by molar-refractivity contribution is -0.140. The second-order valence-corrected chi connectivity index (χ2v) is 4.19. The minimum atomic E-state index is -4.36. The maximum atomic E-state index is 14.0. The van der Waals surface area contributed by atoms with E-state index in [0.717, 1.165) is 0 Å². The van der Waals surface area contributed by atoms with Crippen LogP contribution in [0.3, 0.4) is 0 Å². The molecule has 2 nitrogen and oxygen atoms in total. The first-order valence-electron chi connectivity index (χ1n) is 6.01. The summed E-state index contributed by atoms with van der Waals surface area (Å²) in [5, 5.41) is 2.72. The van der Waals surface area contributed by atoms with Crippen molar-refractivity contribution < 1.29 is 22.3 Å². The third-order valence-electron chi connectivity index (χ3n) is 2.66. The second-order valence-electron chi connectivity index (χ2n) is 4.19. The molecule has 0 fully saturated rings. The average molecular weight is 279 g/mol. The van der Waals surface area contributed by atoms with E-state index in [1.807, 2.05) is 6.92 Å². The van der Waals surface area contributed by atoms with Gasteiger partial charge in [0.1, 0.15) is 0 Å². The molecule has 0 aromatic heterocycles. The third kappa shape index (κ3) is 4.70. The number of methoxy groups -OCH3 is 1. The van der Waals surface area contributed by atoms with Gasteiger partial charge < -0.3 is 10.1 Å². The topological polar surface area (TPSA) is 21.3 Å². The molecule has 0 saturated heterocycles. The van der Waals surface area contributed by atoms with Gasteiger partial charge in [-0.3, -0.25) is 0 Å². The van der Waals surface area contributed by atoms with Crippen LogP contribution in [0.25, 0.3) is 0 Å². The van der Waals surface area contributed by atoms with E-state index >= 15 is 0 Å². The number of alkyl halides is 3. The van der Waals surface area contributed by atoms with E-state index in [-0.39, 0.29) is 11.3 Å². The number of benzene rings is 1. The molecule has 1 unspecified atom stereocenters. The van der Waals surface area contributed by atoms with Gasteiger partial charge in [0.15, 0.2) is 11.6 Å². The lowest BCUT2D eigenvalue weighted by Gasteiger charge is -2.21. The molecule has 0 aliphatic rings. The molecule has 0 bridgehead atoms. The van der Waals surface area contributed by atoms with Crippen LogP contribution >= 0.6 is 0 Å². The van der Waals surface area contributed by atoms with Crippen LogP contribution in [0.4, 0.5) is 17.6 Å². The molecule has 1 N–H and O–H groups in total. The minimum Gasteiger partial charge on any atom is -0.494 e. The normalized spacial score (nSPS) is 13.4. The van der Waals surface area contributed by atoms with Crippen molar-refractivity contribution in [1.82, 2.24) is 5.32 Å². The van der Waals surface area contributed by atoms with Crippen LogP contribution in [0.15, 0.2) is 18.2 Å². The van der Waals surface area contributed by atoms with Crippen molar-refractivity contribution in [3.8, 4) is 5.75 Å². The van der Waals surface area contributed by atoms with Crippen molar-refractivity contribution in [2.45, 2.75) is 32.0 Å². The Kier molecular flexibility index (Phi) is 5.60. The molecule has 19 heavy (non-hydrogen) atoms. The summed E-state index contributed by atoms with van der Waals surface area (Å²) in [6, 6.07) is 3.10. The molecule has 0 aliphatic carbocycles. The van der Waals surface area contributed by atoms with Crippen LogP contribution < -0.4 is 10.1 Å². The highest BCUT2D eigenvalue weighted by molar-refractivity contribution is 5.33. The van der Waals surface area contributed by atoms with E-state index in [0.29, 0.717) is 13.0 Å². The molecular weight excluding hydrogens is 262 g/mol. The monoisotopic (exact) mass is 279 g/mol. The summed E-state index contributed by atoms with van der Waals surface area (Å²) in [6.07, 6.45) is -4.81. The standard InChI is InChI=1S/C13H17F4NO/c1-3-7-18-10(8-13(15,16)17)9-5-4-6-11(19-2)12(9)14/h4-6,10,18H,3,7-8H2,1-2H3. The van der Waals surface area contributed by atoms with Crippen LogP contribution in [0.2, 0.25) is 0 Å². The van der Waals surface area contributed by atoms with Gasteiger partial charge in [0.2, 0.25) is 0 Å². The van der Waals surface area contributed by atoms with Crippen molar-refractivity contribution in [2.75, 3.05) is 13.7 Å². The van der Waals surface area contributed by atoms with Crippen molar-refractivity contribution in [3.63, 3.8) is 0 Å². The summed E-state index contributed by atoms with van der Waals surface area (Å²) in [6.45, 7) is 2.22. The van der Waals surface area contributed by atoms with E-state index in [9.17, 15) is 17.6 Å². The molecule has 1 aromatic rings. The molecule has 1 aromatic carbocycles. The van der Waals surface area contributed by atoms with Crippen molar-refractivity contribution in [2.24, 2.45) is 0 Å². The van der Waals surface area contributed by atoms with E-state index in [2.05, 4.69) is 5.32 Å². The number of nitrogens with one attached hydrogen (secondary N) is 1. The van der Waals surface area contributed by atoms with Crippen molar-refractivity contribution >= 4 is 0 Å². The summed E-state index contributed by atoms with van der Waals surface area (Å²) in [5.41, 5.74) is -0.0230. The highest BCUT2D eigenvalue weighted by atomic mass is 19.4. The van der Waals surface area contributed by atoms with Crippen molar-refractivity contribution in [3.05, 3.63) is 29.6 Å². The Hall–Kier alpha value is -1.30. The Morgan fingerprint density at radius 1 is 1.32 bits per heavy atom. The fraction of sp³-hybridized carbons (Fsp3) is 0.538. The largest absolute Gasteiger partial charge is 0.494 e. The highest BCUT2D eigenvalue weighted by Crippen LogP contribution is 2.33. The molecule has 0 saturated carbocycles. The van der Waals surface area contributed by atoms with Crippen LogP contribution in [-0.4, -0.2) is 19.8 Å². The Morgan fingerprint density at radius 2 is 2.00 bits per heavy atom. The predicted molar refractivity (Wildman–Crippen MR) is 64.7 cm³/mol. The van der Waals surface area contributed by atoms with Gasteiger partial charge in [-0.25, -0.2) is 4.39 Å². The maximum Gasteiger partial charge on any atom is 0.390 e. The third-order valence-corrected chi connectivity index (χ3v) is 2.66. The quantitative estimate of drug-likeness (QED) is 0.799. The van der Waals surface area contributed by atoms with E-state index in [1.165, 1.54) is 25.3 Å². The van der Waals surface area contributed by atoms with Gasteiger partial charge in [-0.1, -0.05) is 19.1 Å². The summed E-state index contributed by atoms with van der Waals surface area (Å²) in [4.78, 5) is 0. The lowest BCUT2D eigenvalue weighted by atomic mass is 10.0. The van der Waals surface area contributed by atoms with E-state index < -0.39 is 24.5 Å². The summed E-state index contributed by atoms with van der Waals surface area (Å²) in [7, 11) is 1.28. The van der Waals surface area contributed by atoms with Gasteiger partial charge in [-0.15, -0.1) is 0 Å². The Labute approximate surface area is 109 Å². The Bertz CT molecular complexity index is 406. The van der Waals surface area contributed by atoms with Gasteiger partial charge in [-0.2, -0.15) is 13.2 Å². The van der Waals surface area contributed by atoms with Gasteiger partial charge in [0.25, 0.3) is 0 Å². The van der Waals surface area contributed by atoms with Crippen LogP contribution in [0.1, 0.15) is 31.4 Å². The minimum absolute atomic E-state index is 0.0230. The second kappa shape index (κ2) is 6.75. The first-order valence-corrected chi connectivity index (χ1v) is 6.01. The van der Waals surface area contributed by atoms with Gasteiger partial charge in [0, 0.05) is 11.6 Å². The van der Waals surface area contributed by atoms with Crippen LogP contribution in [-0.2, 0) is 0 Å². The molecule has 0 heterocycles. The SMILES string of the molecule is CCCNC(CC(F)(F)F)c1cccc(OC)c1F. The van der Waals surface area contributed by atoms with Gasteiger partial charge >= 0.3 is 6.18 Å². The summed E-state index contributed by atoms with van der Waals surface area (Å²) >= 11 is 0. The number of ether oxygens (including phenoxy) is 1. The molecule has 6 heteroatoms. The lowest BCUT2D eigenvalue weighted by Crippen LogP contribution is -2.28. The van der Waals surface area contributed by atoms with Crippen LogP contribution in [0.5, 0.6) is 5.75 Å². The summed E-state index contributed by atoms with van der Waals surface area (Å²) in [5.74, 6) is -0.800. The maximum absolute atomic E-state index is 14.0. The molecule has 1 rings (SSSR count). The predicted octanol–water partition coefficient (Wildman–Crippen LogP) is 3.83. The average Bonchev–Trinajstić information content (AvgIpc) is 2.33. The zero-order valence-electron chi connectivity index (χ0n) is 10.9. The molecule has 0 aliphatic heterocycles.